The van der Waals surface area contributed by atoms with Crippen molar-refractivity contribution in [2.24, 2.45) is 0 Å². The molecule has 19 heteroatoms. The lowest BCUT2D eigenvalue weighted by Gasteiger charge is -2.24. The summed E-state index contributed by atoms with van der Waals surface area (Å²) in [5.74, 6) is -8.30. The SMILES string of the molecule is Nc1cc(C(F)(F)F)c(Oc2cccc(Oc3c(C(F)(F)F)cc(N)cc3C(F)(F)F)c2C(F)(F)F)c(C(F)(F)F)c1. The summed E-state index contributed by atoms with van der Waals surface area (Å²) in [6.07, 6.45) is -28.7. The normalized spacial score (nSPS) is 13.3. The second-order valence-electron chi connectivity index (χ2n) is 8.21. The maximum Gasteiger partial charge on any atom is 0.423 e. The molecule has 0 fully saturated rings. The largest absolute Gasteiger partial charge is 0.455 e. The number of hydrogen-bond donors (Lipinski definition) is 2. The van der Waals surface area contributed by atoms with Crippen LogP contribution in [0.5, 0.6) is 23.0 Å². The minimum absolute atomic E-state index is 0.0994. The summed E-state index contributed by atoms with van der Waals surface area (Å²) in [5, 5.41) is 0. The van der Waals surface area contributed by atoms with Crippen LogP contribution in [-0.4, -0.2) is 0 Å². The first kappa shape index (κ1) is 32.3. The standard InChI is InChI=1S/C23H11F15N2O2/c24-19(25,26)10-4-8(39)5-11(20(27,28)29)17(10)41-14-2-1-3-15(16(14)23(36,37)38)42-18-12(21(30,31)32)6-9(40)7-13(18)22(33,34)35/h1-7H,39-40H2. The van der Waals surface area contributed by atoms with Crippen molar-refractivity contribution in [3.05, 3.63) is 70.3 Å². The van der Waals surface area contributed by atoms with E-state index in [0.29, 0.717) is 6.07 Å². The summed E-state index contributed by atoms with van der Waals surface area (Å²) in [6, 6.07) is 0.315. The van der Waals surface area contributed by atoms with Crippen LogP contribution in [0.15, 0.2) is 42.5 Å². The Morgan fingerprint density at radius 3 is 0.905 bits per heavy atom. The third-order valence-electron chi connectivity index (χ3n) is 5.14. The van der Waals surface area contributed by atoms with E-state index in [1.54, 1.807) is 0 Å². The molecule has 0 radical (unpaired) electrons. The molecule has 0 aromatic heterocycles. The van der Waals surface area contributed by atoms with Crippen LogP contribution in [-0.2, 0) is 30.9 Å². The number of ether oxygens (including phenoxy) is 2. The lowest BCUT2D eigenvalue weighted by atomic mass is 10.0. The van der Waals surface area contributed by atoms with E-state index in [2.05, 4.69) is 9.47 Å². The molecule has 0 heterocycles. The number of nitrogens with two attached hydrogens (primary N) is 2. The Balaban J connectivity index is 2.36. The fraction of sp³-hybridized carbons (Fsp3) is 0.217. The number of nitrogen functional groups attached to an aromatic ring is 2. The highest BCUT2D eigenvalue weighted by Gasteiger charge is 2.47. The predicted octanol–water partition coefficient (Wildman–Crippen LogP) is 9.53. The average Bonchev–Trinajstić information content (AvgIpc) is 2.77. The van der Waals surface area contributed by atoms with Gasteiger partial charge in [-0.2, -0.15) is 65.9 Å². The quantitative estimate of drug-likeness (QED) is 0.222. The van der Waals surface area contributed by atoms with Crippen LogP contribution < -0.4 is 20.9 Å². The van der Waals surface area contributed by atoms with Gasteiger partial charge >= 0.3 is 30.9 Å². The molecule has 3 rings (SSSR count). The fourth-order valence-corrected chi connectivity index (χ4v) is 3.54. The van der Waals surface area contributed by atoms with Gasteiger partial charge in [-0.15, -0.1) is 0 Å². The molecule has 0 saturated heterocycles. The second kappa shape index (κ2) is 10.3. The molecule has 4 N–H and O–H groups in total. The molecule has 0 atom stereocenters. The second-order valence-corrected chi connectivity index (χ2v) is 8.21. The van der Waals surface area contributed by atoms with E-state index in [1.165, 1.54) is 0 Å². The van der Waals surface area contributed by atoms with Gasteiger partial charge in [-0.05, 0) is 36.4 Å². The van der Waals surface area contributed by atoms with Gasteiger partial charge in [0.2, 0.25) is 0 Å². The van der Waals surface area contributed by atoms with E-state index in [4.69, 9.17) is 11.5 Å². The van der Waals surface area contributed by atoms with Gasteiger partial charge in [0.25, 0.3) is 0 Å². The summed E-state index contributed by atoms with van der Waals surface area (Å²) in [7, 11) is 0. The van der Waals surface area contributed by atoms with E-state index in [9.17, 15) is 65.9 Å². The van der Waals surface area contributed by atoms with E-state index >= 15 is 0 Å². The Labute approximate surface area is 223 Å². The monoisotopic (exact) mass is 632 g/mol. The van der Waals surface area contributed by atoms with Crippen LogP contribution >= 0.6 is 0 Å². The van der Waals surface area contributed by atoms with Gasteiger partial charge in [0.15, 0.2) is 11.5 Å². The number of anilines is 2. The lowest BCUT2D eigenvalue weighted by molar-refractivity contribution is -0.146. The molecule has 0 aliphatic heterocycles. The summed E-state index contributed by atoms with van der Waals surface area (Å²) < 4.78 is 214. The molecule has 42 heavy (non-hydrogen) atoms. The first-order valence-corrected chi connectivity index (χ1v) is 10.5. The zero-order valence-corrected chi connectivity index (χ0v) is 19.7. The Hall–Kier alpha value is -4.19. The third kappa shape index (κ3) is 6.81. The van der Waals surface area contributed by atoms with E-state index in [0.717, 1.165) is 0 Å². The van der Waals surface area contributed by atoms with Gasteiger partial charge in [-0.25, -0.2) is 0 Å². The molecule has 0 aliphatic carbocycles. The van der Waals surface area contributed by atoms with Crippen molar-refractivity contribution in [2.45, 2.75) is 30.9 Å². The third-order valence-corrected chi connectivity index (χ3v) is 5.14. The van der Waals surface area contributed by atoms with Crippen molar-refractivity contribution in [1.82, 2.24) is 0 Å². The lowest BCUT2D eigenvalue weighted by Crippen LogP contribution is -2.17. The highest BCUT2D eigenvalue weighted by Crippen LogP contribution is 2.53. The van der Waals surface area contributed by atoms with Crippen molar-refractivity contribution in [2.75, 3.05) is 11.5 Å². The molecule has 0 amide bonds. The van der Waals surface area contributed by atoms with Crippen LogP contribution in [0.4, 0.5) is 77.2 Å². The summed E-state index contributed by atoms with van der Waals surface area (Å²) >= 11 is 0. The summed E-state index contributed by atoms with van der Waals surface area (Å²) in [6.45, 7) is 0. The molecule has 4 nitrogen and oxygen atoms in total. The fourth-order valence-electron chi connectivity index (χ4n) is 3.54. The number of benzene rings is 3. The maximum absolute atomic E-state index is 14.1. The van der Waals surface area contributed by atoms with Crippen molar-refractivity contribution in [3.8, 4) is 23.0 Å². The summed E-state index contributed by atoms with van der Waals surface area (Å²) in [4.78, 5) is 0. The smallest absolute Gasteiger partial charge is 0.423 e. The number of hydrogen-bond acceptors (Lipinski definition) is 4. The van der Waals surface area contributed by atoms with E-state index < -0.39 is 93.1 Å². The summed E-state index contributed by atoms with van der Waals surface area (Å²) in [5.41, 5.74) is -3.74. The number of halogens is 15. The molecule has 0 saturated carbocycles. The van der Waals surface area contributed by atoms with Gasteiger partial charge in [0.05, 0.1) is 0 Å². The van der Waals surface area contributed by atoms with E-state index in [1.807, 2.05) is 0 Å². The molecule has 3 aromatic rings. The Morgan fingerprint density at radius 1 is 0.429 bits per heavy atom. The molecule has 0 aliphatic rings. The average molecular weight is 632 g/mol. The van der Waals surface area contributed by atoms with Gasteiger partial charge in [-0.3, -0.25) is 0 Å². The number of rotatable bonds is 4. The van der Waals surface area contributed by atoms with Crippen molar-refractivity contribution >= 4 is 11.4 Å². The topological polar surface area (TPSA) is 70.5 Å². The van der Waals surface area contributed by atoms with Gasteiger partial charge < -0.3 is 20.9 Å². The zero-order chi connectivity index (χ0) is 32.2. The van der Waals surface area contributed by atoms with E-state index in [-0.39, 0.29) is 36.4 Å². The maximum atomic E-state index is 14.1. The zero-order valence-electron chi connectivity index (χ0n) is 19.7. The van der Waals surface area contributed by atoms with Crippen LogP contribution in [0.2, 0.25) is 0 Å². The van der Waals surface area contributed by atoms with Crippen LogP contribution in [0.1, 0.15) is 27.8 Å². The van der Waals surface area contributed by atoms with Crippen molar-refractivity contribution in [1.29, 1.82) is 0 Å². The highest BCUT2D eigenvalue weighted by molar-refractivity contribution is 5.60. The van der Waals surface area contributed by atoms with Gasteiger partial charge in [-0.1, -0.05) is 6.07 Å². The molecule has 3 aromatic carbocycles. The minimum Gasteiger partial charge on any atom is -0.455 e. The molecular weight excluding hydrogens is 621 g/mol. The van der Waals surface area contributed by atoms with Gasteiger partial charge in [0.1, 0.15) is 39.3 Å². The minimum atomic E-state index is -5.90. The van der Waals surface area contributed by atoms with Crippen molar-refractivity contribution in [3.63, 3.8) is 0 Å². The molecule has 0 spiro atoms. The Bertz CT molecular complexity index is 1310. The van der Waals surface area contributed by atoms with Gasteiger partial charge in [0, 0.05) is 11.4 Å². The molecule has 0 unspecified atom stereocenters. The Kier molecular flexibility index (Phi) is 7.90. The first-order chi connectivity index (χ1) is 18.8. The van der Waals surface area contributed by atoms with Crippen LogP contribution in [0, 0.1) is 0 Å². The van der Waals surface area contributed by atoms with Crippen LogP contribution in [0.25, 0.3) is 0 Å². The Morgan fingerprint density at radius 2 is 0.690 bits per heavy atom. The molecule has 0 bridgehead atoms. The number of alkyl halides is 15. The highest BCUT2D eigenvalue weighted by atomic mass is 19.4. The predicted molar refractivity (Wildman–Crippen MR) is 113 cm³/mol. The molecular formula is C23H11F15N2O2. The first-order valence-electron chi connectivity index (χ1n) is 10.5. The van der Waals surface area contributed by atoms with Crippen molar-refractivity contribution < 1.29 is 75.3 Å². The molecule has 230 valence electrons. The van der Waals surface area contributed by atoms with Crippen LogP contribution in [0.3, 0.4) is 0 Å².